The Morgan fingerprint density at radius 1 is 1.11 bits per heavy atom. The fourth-order valence-electron chi connectivity index (χ4n) is 6.48. The summed E-state index contributed by atoms with van der Waals surface area (Å²) in [7, 11) is 0. The van der Waals surface area contributed by atoms with E-state index in [1.165, 1.54) is 16.8 Å². The quantitative estimate of drug-likeness (QED) is 0.210. The number of piperidine rings is 1. The van der Waals surface area contributed by atoms with Gasteiger partial charge < -0.3 is 30.9 Å². The van der Waals surface area contributed by atoms with Crippen LogP contribution in [0.25, 0.3) is 16.8 Å². The molecule has 248 valence electrons. The summed E-state index contributed by atoms with van der Waals surface area (Å²) in [4.78, 5) is 21.6. The van der Waals surface area contributed by atoms with Crippen LogP contribution < -0.4 is 20.7 Å². The molecule has 11 nitrogen and oxygen atoms in total. The summed E-state index contributed by atoms with van der Waals surface area (Å²) in [6, 6.07) is 12.5. The van der Waals surface area contributed by atoms with Crippen LogP contribution in [0.4, 0.5) is 24.9 Å². The number of alkyl halides is 3. The predicted octanol–water partition coefficient (Wildman–Crippen LogP) is 4.74. The number of nitrogens with one attached hydrogen (secondary N) is 1. The van der Waals surface area contributed by atoms with Gasteiger partial charge in [-0.15, -0.1) is 0 Å². The Bertz CT molecular complexity index is 1790. The zero-order chi connectivity index (χ0) is 33.5. The normalized spacial score (nSPS) is 18.4. The summed E-state index contributed by atoms with van der Waals surface area (Å²) in [6.45, 7) is 5.08. The largest absolute Gasteiger partial charge is 0.480 e. The number of carbonyl (C=O) groups is 1. The van der Waals surface area contributed by atoms with E-state index in [1.54, 1.807) is 31.3 Å². The molecule has 14 heteroatoms. The van der Waals surface area contributed by atoms with Gasteiger partial charge in [-0.05, 0) is 79.0 Å². The molecule has 0 radical (unpaired) electrons. The minimum atomic E-state index is -4.85. The van der Waals surface area contributed by atoms with Crippen LogP contribution in [0.15, 0.2) is 54.7 Å². The van der Waals surface area contributed by atoms with Crippen LogP contribution in [0.3, 0.4) is 0 Å². The number of hydrogen-bond donors (Lipinski definition) is 4. The lowest BCUT2D eigenvalue weighted by molar-refractivity contribution is -0.198. The van der Waals surface area contributed by atoms with E-state index >= 15 is 0 Å². The highest BCUT2D eigenvalue weighted by atomic mass is 19.4. The molecule has 0 saturated carbocycles. The molecule has 4 heterocycles. The molecule has 4 aromatic rings. The molecule has 2 atom stereocenters. The first-order chi connectivity index (χ1) is 22.3. The number of carboxylic acids is 1. The van der Waals surface area contributed by atoms with Gasteiger partial charge in [0.15, 0.2) is 0 Å². The molecule has 47 heavy (non-hydrogen) atoms. The summed E-state index contributed by atoms with van der Waals surface area (Å²) >= 11 is 0. The SMILES string of the molecule is Cc1ccn(-c2cc(-c3ccc(C)c(CO)c3)ccc2C(Oc2cc(N3CCC4(CC3)CN[C@H](C(=O)O)C4)nc(N)n2)C(F)(F)F)n1. The van der Waals surface area contributed by atoms with E-state index in [4.69, 9.17) is 10.5 Å². The number of nitrogens with zero attached hydrogens (tertiary/aromatic N) is 5. The maximum Gasteiger partial charge on any atom is 0.429 e. The van der Waals surface area contributed by atoms with Gasteiger partial charge in [0.05, 0.1) is 18.0 Å². The third kappa shape index (κ3) is 6.74. The first-order valence-corrected chi connectivity index (χ1v) is 15.3. The highest BCUT2D eigenvalue weighted by molar-refractivity contribution is 5.74. The first kappa shape index (κ1) is 32.3. The van der Waals surface area contributed by atoms with E-state index in [1.807, 2.05) is 30.0 Å². The summed E-state index contributed by atoms with van der Waals surface area (Å²) in [5, 5.41) is 26.6. The van der Waals surface area contributed by atoms with Crippen molar-refractivity contribution in [3.8, 4) is 22.7 Å². The number of ether oxygens (including phenoxy) is 1. The highest BCUT2D eigenvalue weighted by Gasteiger charge is 2.46. The Kier molecular flexibility index (Phi) is 8.57. The van der Waals surface area contributed by atoms with E-state index in [0.717, 1.165) is 11.1 Å². The van der Waals surface area contributed by atoms with Crippen LogP contribution in [-0.4, -0.2) is 67.8 Å². The molecule has 6 rings (SSSR count). The molecule has 0 amide bonds. The molecule has 2 saturated heterocycles. The lowest BCUT2D eigenvalue weighted by Crippen LogP contribution is -2.41. The number of nitrogen functional groups attached to an aromatic ring is 1. The molecule has 1 unspecified atom stereocenters. The Morgan fingerprint density at radius 2 is 1.83 bits per heavy atom. The zero-order valence-electron chi connectivity index (χ0n) is 26.0. The molecule has 2 aliphatic rings. The molecule has 2 aromatic carbocycles. The van der Waals surface area contributed by atoms with Gasteiger partial charge in [0.2, 0.25) is 17.9 Å². The summed E-state index contributed by atoms with van der Waals surface area (Å²) in [6.07, 6.45) is -3.79. The smallest absolute Gasteiger partial charge is 0.429 e. The Labute approximate surface area is 269 Å². The van der Waals surface area contributed by atoms with E-state index in [9.17, 15) is 28.2 Å². The number of rotatable bonds is 8. The predicted molar refractivity (Wildman–Crippen MR) is 168 cm³/mol. The number of anilines is 2. The van der Waals surface area contributed by atoms with Gasteiger partial charge in [0.25, 0.3) is 0 Å². The van der Waals surface area contributed by atoms with Crippen LogP contribution in [0.5, 0.6) is 5.88 Å². The van der Waals surface area contributed by atoms with Gasteiger partial charge in [-0.3, -0.25) is 4.79 Å². The fourth-order valence-corrected chi connectivity index (χ4v) is 6.48. The number of aromatic nitrogens is 4. The lowest BCUT2D eigenvalue weighted by atomic mass is 9.76. The highest BCUT2D eigenvalue weighted by Crippen LogP contribution is 2.43. The molecule has 0 aliphatic carbocycles. The fraction of sp³-hybridized carbons (Fsp3) is 0.394. The van der Waals surface area contributed by atoms with E-state index < -0.39 is 24.3 Å². The maximum atomic E-state index is 14.9. The Morgan fingerprint density at radius 3 is 2.47 bits per heavy atom. The van der Waals surface area contributed by atoms with Crippen molar-refractivity contribution in [1.82, 2.24) is 25.1 Å². The first-order valence-electron chi connectivity index (χ1n) is 15.3. The van der Waals surface area contributed by atoms with Crippen molar-refractivity contribution in [1.29, 1.82) is 0 Å². The monoisotopic (exact) mass is 651 g/mol. The standard InChI is InChI=1S/C33H36F3N7O4/c1-19-3-4-21(13-23(19)17-44)22-5-6-24(26(14-22)43-10-7-20(2)41-43)29(33(34,35)36)47-28-15-27(39-31(37)40-28)42-11-8-32(9-12-42)16-25(30(45)46)38-18-32/h3-7,10,13-15,25,29,38,44H,8-9,11-12,16-18H2,1-2H3,(H,45,46)(H2,37,39,40)/t25-,29?/m0/s1. The van der Waals surface area contributed by atoms with Crippen LogP contribution in [-0.2, 0) is 11.4 Å². The Hall–Kier alpha value is -4.69. The average molecular weight is 652 g/mol. The average Bonchev–Trinajstić information content (AvgIpc) is 3.66. The number of aliphatic carboxylic acids is 1. The molecule has 2 aliphatic heterocycles. The van der Waals surface area contributed by atoms with Crippen LogP contribution in [0.1, 0.15) is 47.8 Å². The van der Waals surface area contributed by atoms with Crippen LogP contribution in [0.2, 0.25) is 0 Å². The second-order valence-electron chi connectivity index (χ2n) is 12.4. The van der Waals surface area contributed by atoms with Crippen LogP contribution in [0, 0.1) is 19.3 Å². The van der Waals surface area contributed by atoms with E-state index in [2.05, 4.69) is 20.4 Å². The number of aliphatic hydroxyl groups is 1. The van der Waals surface area contributed by atoms with Crippen molar-refractivity contribution < 1.29 is 32.9 Å². The maximum absolute atomic E-state index is 14.9. The molecule has 2 fully saturated rings. The van der Waals surface area contributed by atoms with Crippen LogP contribution >= 0.6 is 0 Å². The van der Waals surface area contributed by atoms with Crippen molar-refractivity contribution in [3.63, 3.8) is 0 Å². The zero-order valence-corrected chi connectivity index (χ0v) is 26.0. The summed E-state index contributed by atoms with van der Waals surface area (Å²) in [5.41, 5.74) is 9.39. The molecule has 0 bridgehead atoms. The third-order valence-corrected chi connectivity index (χ3v) is 9.18. The van der Waals surface area contributed by atoms with E-state index in [0.29, 0.717) is 61.5 Å². The second-order valence-corrected chi connectivity index (χ2v) is 12.4. The Balaban J connectivity index is 1.31. The number of halogens is 3. The van der Waals surface area contributed by atoms with Crippen molar-refractivity contribution in [2.24, 2.45) is 5.41 Å². The van der Waals surface area contributed by atoms with Crippen molar-refractivity contribution in [2.75, 3.05) is 30.3 Å². The number of nitrogens with two attached hydrogens (primary N) is 1. The third-order valence-electron chi connectivity index (χ3n) is 9.18. The number of benzene rings is 2. The van der Waals surface area contributed by atoms with Gasteiger partial charge in [-0.2, -0.15) is 28.2 Å². The molecular weight excluding hydrogens is 615 g/mol. The van der Waals surface area contributed by atoms with Gasteiger partial charge in [-0.25, -0.2) is 4.68 Å². The number of aliphatic hydroxyl groups excluding tert-OH is 1. The minimum absolute atomic E-state index is 0.162. The van der Waals surface area contributed by atoms with Crippen molar-refractivity contribution in [2.45, 2.75) is 58.0 Å². The van der Waals surface area contributed by atoms with Crippen molar-refractivity contribution >= 4 is 17.7 Å². The van der Waals surface area contributed by atoms with Crippen molar-refractivity contribution in [3.05, 3.63) is 77.1 Å². The minimum Gasteiger partial charge on any atom is -0.480 e. The second kappa shape index (κ2) is 12.5. The molecule has 5 N–H and O–H groups in total. The molecule has 1 spiro atoms. The molecular formula is C33H36F3N7O4. The molecule has 2 aromatic heterocycles. The number of hydrogen-bond acceptors (Lipinski definition) is 9. The van der Waals surface area contributed by atoms with E-state index in [-0.39, 0.29) is 35.1 Å². The number of carboxylic acid groups (broad SMARTS) is 1. The summed E-state index contributed by atoms with van der Waals surface area (Å²) in [5.74, 6) is -1.10. The van der Waals surface area contributed by atoms with Gasteiger partial charge in [0.1, 0.15) is 11.9 Å². The van der Waals surface area contributed by atoms with Gasteiger partial charge in [-0.1, -0.05) is 24.3 Å². The topological polar surface area (TPSA) is 152 Å². The number of aryl methyl sites for hydroxylation is 2. The lowest BCUT2D eigenvalue weighted by Gasteiger charge is -2.39. The van der Waals surface area contributed by atoms with Gasteiger partial charge >= 0.3 is 12.1 Å². The van der Waals surface area contributed by atoms with Gasteiger partial charge in [0, 0.05) is 37.5 Å². The summed E-state index contributed by atoms with van der Waals surface area (Å²) < 4.78 is 51.6.